The van der Waals surface area contributed by atoms with Crippen LogP contribution >= 0.6 is 11.6 Å². The normalized spacial score (nSPS) is 15.9. The fourth-order valence-corrected chi connectivity index (χ4v) is 3.38. The summed E-state index contributed by atoms with van der Waals surface area (Å²) in [6.45, 7) is 0.948. The zero-order valence-electron chi connectivity index (χ0n) is 15.7. The quantitative estimate of drug-likeness (QED) is 0.764. The molecule has 0 atom stereocenters. The second kappa shape index (κ2) is 8.15. The molecule has 1 aliphatic rings. The Bertz CT molecular complexity index is 877. The number of piperidine rings is 1. The Morgan fingerprint density at radius 1 is 1.36 bits per heavy atom. The second-order valence-electron chi connectivity index (χ2n) is 6.74. The van der Waals surface area contributed by atoms with Gasteiger partial charge >= 0.3 is 0 Å². The molecule has 1 fully saturated rings. The number of hydrogen-bond acceptors (Lipinski definition) is 6. The number of nitrogens with one attached hydrogen (secondary N) is 1. The topological polar surface area (TPSA) is 110 Å². The van der Waals surface area contributed by atoms with Crippen molar-refractivity contribution >= 4 is 23.4 Å². The molecule has 0 saturated carbocycles. The third kappa shape index (κ3) is 4.26. The van der Waals surface area contributed by atoms with E-state index in [-0.39, 0.29) is 24.1 Å². The Kier molecular flexibility index (Phi) is 5.85. The number of aliphatic hydroxyl groups is 1. The molecule has 3 rings (SSSR count). The van der Waals surface area contributed by atoms with E-state index in [1.807, 2.05) is 0 Å². The molecule has 1 aromatic carbocycles. The molecule has 10 heteroatoms. The van der Waals surface area contributed by atoms with E-state index in [0.717, 1.165) is 0 Å². The number of rotatable bonds is 5. The minimum absolute atomic E-state index is 0.187. The lowest BCUT2D eigenvalue weighted by Gasteiger charge is -2.38. The van der Waals surface area contributed by atoms with Crippen LogP contribution in [-0.4, -0.2) is 69.7 Å². The summed E-state index contributed by atoms with van der Waals surface area (Å²) in [7, 11) is 3.01. The minimum Gasteiger partial charge on any atom is -0.496 e. The van der Waals surface area contributed by atoms with Crippen LogP contribution in [-0.2, 0) is 6.54 Å². The molecule has 0 unspecified atom stereocenters. The Hall–Kier alpha value is -2.65. The number of nitrogens with zero attached hydrogens (tertiary/aromatic N) is 4. The number of likely N-dealkylation sites (tertiary alicyclic amines) is 1. The minimum atomic E-state index is -1.04. The number of aromatic nitrogens is 3. The van der Waals surface area contributed by atoms with Crippen molar-refractivity contribution < 1.29 is 19.4 Å². The molecule has 0 spiro atoms. The third-order valence-electron chi connectivity index (χ3n) is 4.83. The molecule has 2 amide bonds. The molecular weight excluding hydrogens is 386 g/mol. The van der Waals surface area contributed by atoms with Crippen molar-refractivity contribution in [3.63, 3.8) is 0 Å². The van der Waals surface area contributed by atoms with Gasteiger partial charge in [0.05, 0.1) is 31.0 Å². The molecule has 0 radical (unpaired) electrons. The van der Waals surface area contributed by atoms with E-state index >= 15 is 0 Å². The summed E-state index contributed by atoms with van der Waals surface area (Å²) in [6.07, 6.45) is 2.23. The fraction of sp³-hybridized carbons (Fsp3) is 0.444. The maximum absolute atomic E-state index is 12.8. The molecule has 2 heterocycles. The number of halogens is 1. The van der Waals surface area contributed by atoms with Crippen molar-refractivity contribution in [3.8, 4) is 5.75 Å². The molecule has 0 aliphatic carbocycles. The molecule has 2 aromatic rings. The van der Waals surface area contributed by atoms with Gasteiger partial charge in [-0.05, 0) is 31.0 Å². The van der Waals surface area contributed by atoms with Crippen LogP contribution in [0.4, 0.5) is 0 Å². The standard InChI is InChI=1S/C18H22ClN5O4/c1-20-16(25)14-10-24(22-21-14)11-18(27)5-7-23(8-6-18)17(26)13-9-12(19)3-4-15(13)28-2/h3-4,9-10,27H,5-8,11H2,1-2H3,(H,20,25). The lowest BCUT2D eigenvalue weighted by Crippen LogP contribution is -2.48. The molecule has 0 bridgehead atoms. The van der Waals surface area contributed by atoms with Gasteiger partial charge in [0.15, 0.2) is 5.69 Å². The predicted molar refractivity (Wildman–Crippen MR) is 102 cm³/mol. The van der Waals surface area contributed by atoms with Gasteiger partial charge in [0, 0.05) is 25.2 Å². The van der Waals surface area contributed by atoms with Crippen molar-refractivity contribution in [2.75, 3.05) is 27.2 Å². The number of carbonyl (C=O) groups excluding carboxylic acids is 2. The molecular formula is C18H22ClN5O4. The summed E-state index contributed by atoms with van der Waals surface area (Å²) in [5.41, 5.74) is -0.457. The fourth-order valence-electron chi connectivity index (χ4n) is 3.21. The zero-order valence-corrected chi connectivity index (χ0v) is 16.4. The maximum atomic E-state index is 12.8. The van der Waals surface area contributed by atoms with Crippen molar-refractivity contribution in [1.29, 1.82) is 0 Å². The highest BCUT2D eigenvalue weighted by Gasteiger charge is 2.35. The Labute approximate surface area is 167 Å². The van der Waals surface area contributed by atoms with E-state index in [0.29, 0.717) is 42.3 Å². The van der Waals surface area contributed by atoms with E-state index in [1.165, 1.54) is 25.0 Å². The van der Waals surface area contributed by atoms with Crippen LogP contribution in [0.15, 0.2) is 24.4 Å². The monoisotopic (exact) mass is 407 g/mol. The van der Waals surface area contributed by atoms with Crippen LogP contribution in [0, 0.1) is 0 Å². The van der Waals surface area contributed by atoms with E-state index < -0.39 is 5.60 Å². The average molecular weight is 408 g/mol. The first-order chi connectivity index (χ1) is 13.3. The lowest BCUT2D eigenvalue weighted by molar-refractivity contribution is -0.0318. The smallest absolute Gasteiger partial charge is 0.273 e. The van der Waals surface area contributed by atoms with Crippen LogP contribution in [0.2, 0.25) is 5.02 Å². The van der Waals surface area contributed by atoms with Crippen molar-refractivity contribution in [1.82, 2.24) is 25.2 Å². The molecule has 1 aliphatic heterocycles. The number of benzene rings is 1. The molecule has 1 saturated heterocycles. The number of amides is 2. The highest BCUT2D eigenvalue weighted by molar-refractivity contribution is 6.31. The third-order valence-corrected chi connectivity index (χ3v) is 5.06. The Morgan fingerprint density at radius 2 is 2.07 bits per heavy atom. The first-order valence-corrected chi connectivity index (χ1v) is 9.20. The van der Waals surface area contributed by atoms with Gasteiger partial charge in [-0.3, -0.25) is 9.59 Å². The van der Waals surface area contributed by atoms with Crippen LogP contribution in [0.3, 0.4) is 0 Å². The summed E-state index contributed by atoms with van der Waals surface area (Å²) in [5, 5.41) is 21.5. The highest BCUT2D eigenvalue weighted by atomic mass is 35.5. The van der Waals surface area contributed by atoms with Gasteiger partial charge in [-0.15, -0.1) is 5.10 Å². The van der Waals surface area contributed by atoms with E-state index in [4.69, 9.17) is 16.3 Å². The number of carbonyl (C=O) groups is 2. The largest absolute Gasteiger partial charge is 0.496 e. The van der Waals surface area contributed by atoms with Gasteiger partial charge in [-0.1, -0.05) is 16.8 Å². The first-order valence-electron chi connectivity index (χ1n) is 8.82. The van der Waals surface area contributed by atoms with Gasteiger partial charge in [0.1, 0.15) is 5.75 Å². The van der Waals surface area contributed by atoms with Gasteiger partial charge in [0.25, 0.3) is 11.8 Å². The molecule has 9 nitrogen and oxygen atoms in total. The number of methoxy groups -OCH3 is 1. The van der Waals surface area contributed by atoms with Crippen LogP contribution < -0.4 is 10.1 Å². The molecule has 2 N–H and O–H groups in total. The maximum Gasteiger partial charge on any atom is 0.273 e. The second-order valence-corrected chi connectivity index (χ2v) is 7.18. The average Bonchev–Trinajstić information content (AvgIpc) is 3.15. The highest BCUT2D eigenvalue weighted by Crippen LogP contribution is 2.28. The van der Waals surface area contributed by atoms with E-state index in [9.17, 15) is 14.7 Å². The van der Waals surface area contributed by atoms with Gasteiger partial charge in [-0.2, -0.15) is 0 Å². The first kappa shape index (κ1) is 20.1. The Morgan fingerprint density at radius 3 is 2.71 bits per heavy atom. The zero-order chi connectivity index (χ0) is 20.3. The van der Waals surface area contributed by atoms with E-state index in [1.54, 1.807) is 23.1 Å². The molecule has 150 valence electrons. The summed E-state index contributed by atoms with van der Waals surface area (Å²) < 4.78 is 6.70. The summed E-state index contributed by atoms with van der Waals surface area (Å²) in [5.74, 6) is -0.0715. The lowest BCUT2D eigenvalue weighted by atomic mass is 9.91. The van der Waals surface area contributed by atoms with Crippen molar-refractivity contribution in [3.05, 3.63) is 40.7 Å². The van der Waals surface area contributed by atoms with Crippen molar-refractivity contribution in [2.24, 2.45) is 0 Å². The van der Waals surface area contributed by atoms with Gasteiger partial charge in [-0.25, -0.2) is 4.68 Å². The SMILES string of the molecule is CNC(=O)c1cn(CC2(O)CCN(C(=O)c3cc(Cl)ccc3OC)CC2)nn1. The number of hydrogen-bond donors (Lipinski definition) is 2. The molecule has 28 heavy (non-hydrogen) atoms. The van der Waals surface area contributed by atoms with E-state index in [2.05, 4.69) is 15.6 Å². The van der Waals surface area contributed by atoms with Crippen molar-refractivity contribution in [2.45, 2.75) is 25.0 Å². The van der Waals surface area contributed by atoms with Gasteiger partial charge in [0.2, 0.25) is 0 Å². The van der Waals surface area contributed by atoms with Crippen LogP contribution in [0.5, 0.6) is 5.75 Å². The van der Waals surface area contributed by atoms with Crippen LogP contribution in [0.25, 0.3) is 0 Å². The van der Waals surface area contributed by atoms with Crippen LogP contribution in [0.1, 0.15) is 33.7 Å². The Balaban J connectivity index is 1.65. The van der Waals surface area contributed by atoms with Gasteiger partial charge < -0.3 is 20.1 Å². The summed E-state index contributed by atoms with van der Waals surface area (Å²) in [6, 6.07) is 4.90. The summed E-state index contributed by atoms with van der Waals surface area (Å²) >= 11 is 6.02. The molecule has 1 aromatic heterocycles. The summed E-state index contributed by atoms with van der Waals surface area (Å²) in [4.78, 5) is 26.1. The number of ether oxygens (including phenoxy) is 1. The predicted octanol–water partition coefficient (Wildman–Crippen LogP) is 0.967.